The molecule has 29 heavy (non-hydrogen) atoms. The molecule has 150 valence electrons. The molecule has 1 aliphatic rings. The number of benzene rings is 2. The smallest absolute Gasteiger partial charge is 0.258 e. The van der Waals surface area contributed by atoms with Gasteiger partial charge in [-0.05, 0) is 42.7 Å². The Morgan fingerprint density at radius 3 is 2.90 bits per heavy atom. The number of aromatic nitrogens is 1. The molecule has 0 bridgehead atoms. The second-order valence-corrected chi connectivity index (χ2v) is 8.83. The maximum Gasteiger partial charge on any atom is 0.258 e. The highest BCUT2D eigenvalue weighted by Crippen LogP contribution is 2.27. The van der Waals surface area contributed by atoms with Crippen LogP contribution in [-0.4, -0.2) is 34.4 Å². The number of rotatable bonds is 4. The van der Waals surface area contributed by atoms with Gasteiger partial charge in [0.2, 0.25) is 5.91 Å². The number of nitrogens with zero attached hydrogens (tertiary/aromatic N) is 3. The number of thioether (sulfide) groups is 1. The minimum absolute atomic E-state index is 0.0119. The van der Waals surface area contributed by atoms with Gasteiger partial charge in [-0.25, -0.2) is 4.39 Å². The molecule has 1 aromatic heterocycles. The van der Waals surface area contributed by atoms with Crippen LogP contribution in [0, 0.1) is 5.82 Å². The summed E-state index contributed by atoms with van der Waals surface area (Å²) in [7, 11) is 1.80. The van der Waals surface area contributed by atoms with E-state index in [0.717, 1.165) is 28.7 Å². The van der Waals surface area contributed by atoms with Crippen LogP contribution in [-0.2, 0) is 23.1 Å². The van der Waals surface area contributed by atoms with Crippen molar-refractivity contribution in [3.8, 4) is 0 Å². The zero-order valence-electron chi connectivity index (χ0n) is 15.9. The number of hydrogen-bond acceptors (Lipinski definition) is 4. The molecule has 0 spiro atoms. The van der Waals surface area contributed by atoms with Crippen LogP contribution in [0.3, 0.4) is 0 Å². The summed E-state index contributed by atoms with van der Waals surface area (Å²) in [6, 6.07) is 12.5. The number of fused-ring (bicyclic) bond motifs is 2. The Balaban J connectivity index is 1.39. The molecule has 2 amide bonds. The van der Waals surface area contributed by atoms with Gasteiger partial charge in [0.25, 0.3) is 5.91 Å². The zero-order valence-corrected chi connectivity index (χ0v) is 17.6. The van der Waals surface area contributed by atoms with Crippen LogP contribution < -0.4 is 9.70 Å². The van der Waals surface area contributed by atoms with Crippen LogP contribution in [0.2, 0.25) is 0 Å². The molecule has 0 aliphatic carbocycles. The van der Waals surface area contributed by atoms with Gasteiger partial charge in [-0.1, -0.05) is 29.5 Å². The average Bonchev–Trinajstić information content (AvgIpc) is 3.01. The van der Waals surface area contributed by atoms with Crippen molar-refractivity contribution in [2.24, 2.45) is 12.0 Å². The molecule has 0 fully saturated rings. The van der Waals surface area contributed by atoms with Crippen molar-refractivity contribution in [3.63, 3.8) is 0 Å². The summed E-state index contributed by atoms with van der Waals surface area (Å²) in [5, 5.41) is 0. The van der Waals surface area contributed by atoms with Crippen LogP contribution in [0.5, 0.6) is 0 Å². The first kappa shape index (κ1) is 19.8. The Hall–Kier alpha value is -2.45. The maximum atomic E-state index is 13.4. The van der Waals surface area contributed by atoms with E-state index in [1.54, 1.807) is 17.7 Å². The van der Waals surface area contributed by atoms with Crippen LogP contribution in [0.1, 0.15) is 12.0 Å². The van der Waals surface area contributed by atoms with E-state index in [9.17, 15) is 14.0 Å². The number of carbonyl (C=O) groups excluding carboxylic acids is 2. The summed E-state index contributed by atoms with van der Waals surface area (Å²) >= 11 is 2.55. The number of aryl methyl sites for hydroxylation is 2. The fourth-order valence-electron chi connectivity index (χ4n) is 3.45. The average molecular weight is 430 g/mol. The van der Waals surface area contributed by atoms with Crippen molar-refractivity contribution < 1.29 is 14.0 Å². The molecule has 2 heterocycles. The van der Waals surface area contributed by atoms with Gasteiger partial charge in [0, 0.05) is 19.3 Å². The molecular formula is C21H20FN3O2S2. The monoisotopic (exact) mass is 429 g/mol. The lowest BCUT2D eigenvalue weighted by Crippen LogP contribution is -2.36. The van der Waals surface area contributed by atoms with Crippen LogP contribution in [0.15, 0.2) is 47.5 Å². The Bertz CT molecular complexity index is 1150. The summed E-state index contributed by atoms with van der Waals surface area (Å²) in [5.74, 6) is -0.240. The molecule has 0 saturated heterocycles. The number of hydrogen-bond donors (Lipinski definition) is 0. The third-order valence-electron chi connectivity index (χ3n) is 4.85. The predicted octanol–water partition coefficient (Wildman–Crippen LogP) is 3.52. The molecule has 0 saturated carbocycles. The maximum absolute atomic E-state index is 13.4. The molecule has 2 aromatic carbocycles. The minimum Gasteiger partial charge on any atom is -0.319 e. The van der Waals surface area contributed by atoms with E-state index in [1.165, 1.54) is 40.8 Å². The normalized spacial score (nSPS) is 14.3. The molecule has 0 radical (unpaired) electrons. The van der Waals surface area contributed by atoms with Gasteiger partial charge in [0.1, 0.15) is 5.82 Å². The SMILES string of the molecule is Cn1c(=NC(=O)CSCC(=O)N2CCCc3ccccc32)sc2cc(F)ccc21. The number of thiazole rings is 1. The fourth-order valence-corrected chi connectivity index (χ4v) is 5.18. The third kappa shape index (κ3) is 4.28. The summed E-state index contributed by atoms with van der Waals surface area (Å²) < 4.78 is 15.9. The van der Waals surface area contributed by atoms with Gasteiger partial charge in [0.05, 0.1) is 21.7 Å². The zero-order chi connectivity index (χ0) is 20.4. The Morgan fingerprint density at radius 2 is 2.03 bits per heavy atom. The topological polar surface area (TPSA) is 54.7 Å². The van der Waals surface area contributed by atoms with Crippen LogP contribution >= 0.6 is 23.1 Å². The van der Waals surface area contributed by atoms with E-state index in [-0.39, 0.29) is 29.1 Å². The Kier molecular flexibility index (Phi) is 5.82. The van der Waals surface area contributed by atoms with Gasteiger partial charge in [-0.15, -0.1) is 11.8 Å². The lowest BCUT2D eigenvalue weighted by Gasteiger charge is -2.29. The molecule has 0 unspecified atom stereocenters. The largest absolute Gasteiger partial charge is 0.319 e. The van der Waals surface area contributed by atoms with E-state index in [1.807, 2.05) is 23.1 Å². The number of anilines is 1. The molecule has 0 N–H and O–H groups in total. The first-order chi connectivity index (χ1) is 14.0. The van der Waals surface area contributed by atoms with Crippen molar-refractivity contribution in [2.75, 3.05) is 23.0 Å². The summed E-state index contributed by atoms with van der Waals surface area (Å²) in [6.07, 6.45) is 1.94. The van der Waals surface area contributed by atoms with Crippen molar-refractivity contribution >= 4 is 50.8 Å². The second kappa shape index (κ2) is 8.51. The summed E-state index contributed by atoms with van der Waals surface area (Å²) in [5.41, 5.74) is 3.00. The fraction of sp³-hybridized carbons (Fsp3) is 0.286. The van der Waals surface area contributed by atoms with Crippen molar-refractivity contribution in [3.05, 3.63) is 58.6 Å². The van der Waals surface area contributed by atoms with Gasteiger partial charge < -0.3 is 9.47 Å². The summed E-state index contributed by atoms with van der Waals surface area (Å²) in [4.78, 5) is 31.4. The molecule has 4 rings (SSSR count). The molecule has 0 atom stereocenters. The number of para-hydroxylation sites is 1. The first-order valence-corrected chi connectivity index (χ1v) is 11.3. The highest BCUT2D eigenvalue weighted by molar-refractivity contribution is 8.00. The van der Waals surface area contributed by atoms with Crippen LogP contribution in [0.25, 0.3) is 10.2 Å². The molecule has 8 heteroatoms. The molecule has 5 nitrogen and oxygen atoms in total. The highest BCUT2D eigenvalue weighted by Gasteiger charge is 2.22. The first-order valence-electron chi connectivity index (χ1n) is 9.31. The van der Waals surface area contributed by atoms with Gasteiger partial charge in [0.15, 0.2) is 4.80 Å². The Labute approximate surface area is 175 Å². The van der Waals surface area contributed by atoms with Crippen LogP contribution in [0.4, 0.5) is 10.1 Å². The summed E-state index contributed by atoms with van der Waals surface area (Å²) in [6.45, 7) is 0.711. The van der Waals surface area contributed by atoms with E-state index in [2.05, 4.69) is 11.1 Å². The number of carbonyl (C=O) groups is 2. The molecule has 1 aliphatic heterocycles. The lowest BCUT2D eigenvalue weighted by molar-refractivity contribution is -0.116. The molecular weight excluding hydrogens is 409 g/mol. The van der Waals surface area contributed by atoms with Crippen molar-refractivity contribution in [2.45, 2.75) is 12.8 Å². The Morgan fingerprint density at radius 1 is 1.21 bits per heavy atom. The van der Waals surface area contributed by atoms with E-state index >= 15 is 0 Å². The predicted molar refractivity (Wildman–Crippen MR) is 116 cm³/mol. The van der Waals surface area contributed by atoms with Gasteiger partial charge >= 0.3 is 0 Å². The van der Waals surface area contributed by atoms with Crippen molar-refractivity contribution in [1.29, 1.82) is 0 Å². The quantitative estimate of drug-likeness (QED) is 0.638. The van der Waals surface area contributed by atoms with Gasteiger partial charge in [-0.2, -0.15) is 4.99 Å². The van der Waals surface area contributed by atoms with Crippen molar-refractivity contribution in [1.82, 2.24) is 4.57 Å². The number of amides is 2. The number of halogens is 1. The standard InChI is InChI=1S/C21H20FN3O2S2/c1-24-17-9-8-15(22)11-18(17)29-21(24)23-19(26)12-28-13-20(27)25-10-4-6-14-5-2-3-7-16(14)25/h2-3,5,7-9,11H,4,6,10,12-13H2,1H3. The van der Waals surface area contributed by atoms with E-state index < -0.39 is 0 Å². The third-order valence-corrected chi connectivity index (χ3v) is 6.85. The van der Waals surface area contributed by atoms with E-state index in [4.69, 9.17) is 0 Å². The van der Waals surface area contributed by atoms with Gasteiger partial charge in [-0.3, -0.25) is 9.59 Å². The lowest BCUT2D eigenvalue weighted by atomic mass is 10.0. The molecule has 3 aromatic rings. The second-order valence-electron chi connectivity index (χ2n) is 6.83. The minimum atomic E-state index is -0.314. The van der Waals surface area contributed by atoms with E-state index in [0.29, 0.717) is 11.3 Å². The highest BCUT2D eigenvalue weighted by atomic mass is 32.2.